The Morgan fingerprint density at radius 1 is 0.824 bits per heavy atom. The predicted molar refractivity (Wildman–Crippen MR) is 122 cm³/mol. The fraction of sp³-hybridized carbons (Fsp3) is 0.160. The third-order valence-corrected chi connectivity index (χ3v) is 4.68. The maximum Gasteiger partial charge on any atom is 0.325 e. The summed E-state index contributed by atoms with van der Waals surface area (Å²) in [7, 11) is 0. The van der Waals surface area contributed by atoms with Gasteiger partial charge in [-0.1, -0.05) is 18.2 Å². The Kier molecular flexibility index (Phi) is 7.24. The quantitative estimate of drug-likeness (QED) is 0.495. The highest BCUT2D eigenvalue weighted by Crippen LogP contribution is 2.32. The number of fused-ring (bicyclic) bond motifs is 1. The lowest BCUT2D eigenvalue weighted by molar-refractivity contribution is -0.146. The maximum atomic E-state index is 12.3. The fourth-order valence-electron chi connectivity index (χ4n) is 3.07. The Labute approximate surface area is 195 Å². The molecule has 1 aliphatic heterocycles. The molecule has 1 aliphatic rings. The zero-order valence-corrected chi connectivity index (χ0v) is 18.1. The molecule has 0 saturated carbocycles. The van der Waals surface area contributed by atoms with Crippen LogP contribution in [0.5, 0.6) is 23.0 Å². The number of carbonyl (C=O) groups is 3. The molecule has 34 heavy (non-hydrogen) atoms. The van der Waals surface area contributed by atoms with Crippen molar-refractivity contribution >= 4 is 23.5 Å². The highest BCUT2D eigenvalue weighted by molar-refractivity contribution is 5.96. The van der Waals surface area contributed by atoms with E-state index in [1.807, 2.05) is 30.3 Å². The van der Waals surface area contributed by atoms with Crippen molar-refractivity contribution in [3.63, 3.8) is 0 Å². The fourth-order valence-corrected chi connectivity index (χ4v) is 3.07. The van der Waals surface area contributed by atoms with Crippen LogP contribution in [0.25, 0.3) is 0 Å². The van der Waals surface area contributed by atoms with Gasteiger partial charge in [0.2, 0.25) is 0 Å². The number of hydrogen-bond acceptors (Lipinski definition) is 7. The average Bonchev–Trinajstić information content (AvgIpc) is 2.87. The van der Waals surface area contributed by atoms with Crippen LogP contribution in [0.1, 0.15) is 10.4 Å². The van der Waals surface area contributed by atoms with Crippen molar-refractivity contribution in [1.29, 1.82) is 0 Å². The molecule has 174 valence electrons. The second-order valence-electron chi connectivity index (χ2n) is 7.19. The van der Waals surface area contributed by atoms with Gasteiger partial charge in [0.1, 0.15) is 31.3 Å². The molecule has 0 aliphatic carbocycles. The summed E-state index contributed by atoms with van der Waals surface area (Å²) in [5.74, 6) is 0.670. The summed E-state index contributed by atoms with van der Waals surface area (Å²) in [4.78, 5) is 36.2. The number of rotatable bonds is 8. The molecule has 0 atom stereocenters. The smallest absolute Gasteiger partial charge is 0.325 e. The van der Waals surface area contributed by atoms with Gasteiger partial charge in [-0.05, 0) is 48.5 Å². The summed E-state index contributed by atoms with van der Waals surface area (Å²) in [5, 5.41) is 5.07. The number of ether oxygens (including phenoxy) is 4. The molecular formula is C25H22N2O7. The first kappa shape index (κ1) is 22.7. The van der Waals surface area contributed by atoms with E-state index in [4.69, 9.17) is 18.9 Å². The van der Waals surface area contributed by atoms with E-state index in [-0.39, 0.29) is 6.54 Å². The molecule has 4 rings (SSSR count). The van der Waals surface area contributed by atoms with Gasteiger partial charge in [0, 0.05) is 17.3 Å². The summed E-state index contributed by atoms with van der Waals surface area (Å²) >= 11 is 0. The van der Waals surface area contributed by atoms with Gasteiger partial charge < -0.3 is 29.6 Å². The third-order valence-electron chi connectivity index (χ3n) is 4.68. The zero-order valence-electron chi connectivity index (χ0n) is 18.1. The molecule has 0 saturated heterocycles. The lowest BCUT2D eigenvalue weighted by Crippen LogP contribution is -2.32. The standard InChI is InChI=1S/C25H22N2O7/c28-23(27-18-8-11-21-22(14-18)32-13-12-31-21)16-33-24(29)15-26-25(30)17-6-9-20(10-7-17)34-19-4-2-1-3-5-19/h1-11,14H,12-13,15-16H2,(H,26,30)(H,27,28). The second kappa shape index (κ2) is 10.9. The van der Waals surface area contributed by atoms with E-state index in [9.17, 15) is 14.4 Å². The molecule has 0 aromatic heterocycles. The van der Waals surface area contributed by atoms with Gasteiger partial charge in [-0.3, -0.25) is 14.4 Å². The van der Waals surface area contributed by atoms with Crippen molar-refractivity contribution in [3.8, 4) is 23.0 Å². The molecule has 3 aromatic rings. The van der Waals surface area contributed by atoms with Gasteiger partial charge in [0.05, 0.1) is 0 Å². The van der Waals surface area contributed by atoms with Crippen LogP contribution >= 0.6 is 0 Å². The summed E-state index contributed by atoms with van der Waals surface area (Å²) < 4.78 is 21.5. The van der Waals surface area contributed by atoms with Gasteiger partial charge in [0.15, 0.2) is 18.1 Å². The summed E-state index contributed by atoms with van der Waals surface area (Å²) in [6, 6.07) is 20.7. The summed E-state index contributed by atoms with van der Waals surface area (Å²) in [6.07, 6.45) is 0. The van der Waals surface area contributed by atoms with E-state index >= 15 is 0 Å². The minimum absolute atomic E-state index is 0.351. The highest BCUT2D eigenvalue weighted by Gasteiger charge is 2.14. The SMILES string of the molecule is O=C(COC(=O)CNC(=O)c1ccc(Oc2ccccc2)cc1)Nc1ccc2c(c1)OCCO2. The largest absolute Gasteiger partial charge is 0.486 e. The minimum atomic E-state index is -0.741. The first-order chi connectivity index (χ1) is 16.6. The van der Waals surface area contributed by atoms with E-state index in [1.54, 1.807) is 42.5 Å². The Morgan fingerprint density at radius 3 is 2.29 bits per heavy atom. The number of nitrogens with one attached hydrogen (secondary N) is 2. The molecular weight excluding hydrogens is 440 g/mol. The monoisotopic (exact) mass is 462 g/mol. The number of esters is 1. The number of amides is 2. The van der Waals surface area contributed by atoms with Crippen LogP contribution < -0.4 is 24.8 Å². The number of hydrogen-bond donors (Lipinski definition) is 2. The molecule has 9 heteroatoms. The van der Waals surface area contributed by atoms with Crippen molar-refractivity contribution in [3.05, 3.63) is 78.4 Å². The molecule has 3 aromatic carbocycles. The van der Waals surface area contributed by atoms with E-state index in [0.717, 1.165) is 0 Å². The molecule has 0 spiro atoms. The van der Waals surface area contributed by atoms with Crippen LogP contribution in [0, 0.1) is 0 Å². The van der Waals surface area contributed by atoms with Crippen molar-refractivity contribution in [2.45, 2.75) is 0 Å². The first-order valence-electron chi connectivity index (χ1n) is 10.5. The molecule has 2 amide bonds. The Bertz CT molecular complexity index is 1160. The van der Waals surface area contributed by atoms with Crippen molar-refractivity contribution < 1.29 is 33.3 Å². The first-order valence-corrected chi connectivity index (χ1v) is 10.5. The Balaban J connectivity index is 1.18. The van der Waals surface area contributed by atoms with Gasteiger partial charge in [-0.15, -0.1) is 0 Å². The van der Waals surface area contributed by atoms with Gasteiger partial charge in [0.25, 0.3) is 11.8 Å². The van der Waals surface area contributed by atoms with Crippen LogP contribution in [-0.2, 0) is 14.3 Å². The highest BCUT2D eigenvalue weighted by atomic mass is 16.6. The number of carbonyl (C=O) groups excluding carboxylic acids is 3. The Hall–Kier alpha value is -4.53. The van der Waals surface area contributed by atoms with Crippen LogP contribution in [0.15, 0.2) is 72.8 Å². The lowest BCUT2D eigenvalue weighted by Gasteiger charge is -2.19. The minimum Gasteiger partial charge on any atom is -0.486 e. The van der Waals surface area contributed by atoms with Crippen molar-refractivity contribution in [2.24, 2.45) is 0 Å². The van der Waals surface area contributed by atoms with E-state index in [1.165, 1.54) is 0 Å². The van der Waals surface area contributed by atoms with Crippen LogP contribution in [-0.4, -0.2) is 44.1 Å². The molecule has 0 unspecified atom stereocenters. The van der Waals surface area contributed by atoms with Crippen molar-refractivity contribution in [1.82, 2.24) is 5.32 Å². The van der Waals surface area contributed by atoms with Crippen LogP contribution in [0.3, 0.4) is 0 Å². The third kappa shape index (κ3) is 6.26. The van der Waals surface area contributed by atoms with Crippen molar-refractivity contribution in [2.75, 3.05) is 31.7 Å². The number of benzene rings is 3. The van der Waals surface area contributed by atoms with Gasteiger partial charge >= 0.3 is 5.97 Å². The molecule has 0 radical (unpaired) electrons. The van der Waals surface area contributed by atoms with E-state index in [2.05, 4.69) is 10.6 Å². The molecule has 2 N–H and O–H groups in total. The number of para-hydroxylation sites is 1. The van der Waals surface area contributed by atoms with Gasteiger partial charge in [-0.25, -0.2) is 0 Å². The molecule has 1 heterocycles. The normalized spacial score (nSPS) is 11.8. The summed E-state index contributed by atoms with van der Waals surface area (Å²) in [5.41, 5.74) is 0.836. The number of anilines is 1. The Morgan fingerprint density at radius 2 is 1.53 bits per heavy atom. The average molecular weight is 462 g/mol. The maximum absolute atomic E-state index is 12.3. The van der Waals surface area contributed by atoms with E-state index in [0.29, 0.717) is 47.5 Å². The summed E-state index contributed by atoms with van der Waals surface area (Å²) in [6.45, 7) is 0.0333. The van der Waals surface area contributed by atoms with Crippen LogP contribution in [0.4, 0.5) is 5.69 Å². The topological polar surface area (TPSA) is 112 Å². The molecule has 9 nitrogen and oxygen atoms in total. The van der Waals surface area contributed by atoms with Crippen LogP contribution in [0.2, 0.25) is 0 Å². The van der Waals surface area contributed by atoms with E-state index < -0.39 is 24.4 Å². The van der Waals surface area contributed by atoms with Gasteiger partial charge in [-0.2, -0.15) is 0 Å². The predicted octanol–water partition coefficient (Wildman–Crippen LogP) is 3.16. The second-order valence-corrected chi connectivity index (χ2v) is 7.19. The molecule has 0 fully saturated rings. The zero-order chi connectivity index (χ0) is 23.8. The lowest BCUT2D eigenvalue weighted by atomic mass is 10.2. The molecule has 0 bridgehead atoms.